The summed E-state index contributed by atoms with van der Waals surface area (Å²) in [5.74, 6) is 0.892. The van der Waals surface area contributed by atoms with Crippen LogP contribution in [0.15, 0.2) is 11.6 Å². The Morgan fingerprint density at radius 2 is 1.64 bits per heavy atom. The Morgan fingerprint density at radius 1 is 0.952 bits per heavy atom. The number of unbranched alkanes of at least 4 members (excludes halogenated alkanes) is 1. The third kappa shape index (κ3) is 4.63. The van der Waals surface area contributed by atoms with E-state index in [0.29, 0.717) is 24.8 Å². The zero-order valence-corrected chi connectivity index (χ0v) is 27.8. The molecule has 6 nitrogen and oxygen atoms in total. The molecule has 4 fully saturated rings. The molecule has 2 amide bonds. The van der Waals surface area contributed by atoms with Crippen molar-refractivity contribution in [3.63, 3.8) is 0 Å². The Balaban J connectivity index is 1.51. The van der Waals surface area contributed by atoms with Crippen LogP contribution in [-0.4, -0.2) is 35.6 Å². The van der Waals surface area contributed by atoms with E-state index in [1.165, 1.54) is 18.4 Å². The summed E-state index contributed by atoms with van der Waals surface area (Å²) in [6, 6.07) is -0.634. The molecule has 238 valence electrons. The maximum Gasteiger partial charge on any atom is 0.239 e. The summed E-state index contributed by atoms with van der Waals surface area (Å²) in [6.45, 7) is 17.6. The zero-order chi connectivity index (χ0) is 30.9. The van der Waals surface area contributed by atoms with E-state index < -0.39 is 17.4 Å². The van der Waals surface area contributed by atoms with E-state index in [0.717, 1.165) is 64.2 Å². The van der Waals surface area contributed by atoms with E-state index in [1.807, 2.05) is 0 Å². The first kappa shape index (κ1) is 32.0. The van der Waals surface area contributed by atoms with E-state index in [9.17, 15) is 14.7 Å². The molecule has 4 saturated carbocycles. The Bertz CT molecular complexity index is 1110. The molecular formula is C36H61N3O3. The molecular weight excluding hydrogens is 522 g/mol. The van der Waals surface area contributed by atoms with Crippen LogP contribution >= 0.6 is 0 Å². The molecule has 0 spiro atoms. The van der Waals surface area contributed by atoms with Gasteiger partial charge in [0.25, 0.3) is 0 Å². The van der Waals surface area contributed by atoms with Crippen LogP contribution in [0.3, 0.4) is 0 Å². The molecule has 42 heavy (non-hydrogen) atoms. The number of carbonyl (C=O) groups excluding carboxylic acids is 2. The molecule has 0 bridgehead atoms. The highest BCUT2D eigenvalue weighted by Gasteiger charge is 2.69. The molecule has 6 N–H and O–H groups in total. The van der Waals surface area contributed by atoms with E-state index in [-0.39, 0.29) is 45.0 Å². The highest BCUT2D eigenvalue weighted by Crippen LogP contribution is 2.75. The number of allylic oxidation sites excluding steroid dienone is 2. The molecule has 0 radical (unpaired) electrons. The largest absolute Gasteiger partial charge is 0.393 e. The standard InChI is InChI=1S/C36H61N3O3/c1-31(2)17-19-36(30(42)39-25(29(38)41)10-8-9-21-37)20-18-34(6)23(24(36)22-31)11-12-27-33(5)15-14-28(40)32(3,4)26(33)13-16-35(27,34)7/h11,24-28,40H,8-10,12-22,37H2,1-7H3,(H2,38,41)(H,39,42)/t24?,25-,26?,27?,28-,33-,34+,35+,36-/m0/s1. The fourth-order valence-electron chi connectivity index (χ4n) is 11.7. The van der Waals surface area contributed by atoms with Gasteiger partial charge in [0.2, 0.25) is 11.8 Å². The van der Waals surface area contributed by atoms with E-state index in [4.69, 9.17) is 11.5 Å². The Morgan fingerprint density at radius 3 is 2.31 bits per heavy atom. The van der Waals surface area contributed by atoms with Crippen molar-refractivity contribution in [2.45, 2.75) is 144 Å². The molecule has 9 atom stereocenters. The number of amides is 2. The van der Waals surface area contributed by atoms with Gasteiger partial charge in [0, 0.05) is 0 Å². The molecule has 0 aromatic rings. The van der Waals surface area contributed by atoms with Gasteiger partial charge in [0.15, 0.2) is 0 Å². The summed E-state index contributed by atoms with van der Waals surface area (Å²) in [5.41, 5.74) is 13.1. The average Bonchev–Trinajstić information content (AvgIpc) is 2.90. The van der Waals surface area contributed by atoms with Crippen LogP contribution in [0.1, 0.15) is 132 Å². The van der Waals surface area contributed by atoms with Gasteiger partial charge in [-0.15, -0.1) is 0 Å². The van der Waals surface area contributed by atoms with Crippen molar-refractivity contribution in [2.75, 3.05) is 6.54 Å². The average molecular weight is 584 g/mol. The lowest BCUT2D eigenvalue weighted by molar-refractivity contribution is -0.203. The minimum Gasteiger partial charge on any atom is -0.393 e. The fraction of sp³-hybridized carbons (Fsp3) is 0.889. The molecule has 3 unspecified atom stereocenters. The highest BCUT2D eigenvalue weighted by molar-refractivity contribution is 5.90. The first-order chi connectivity index (χ1) is 19.5. The molecule has 5 rings (SSSR count). The van der Waals surface area contributed by atoms with Crippen LogP contribution in [0.2, 0.25) is 0 Å². The van der Waals surface area contributed by atoms with Crippen LogP contribution in [0.5, 0.6) is 0 Å². The number of primary amides is 1. The third-order valence-corrected chi connectivity index (χ3v) is 14.7. The highest BCUT2D eigenvalue weighted by atomic mass is 16.3. The zero-order valence-electron chi connectivity index (χ0n) is 27.8. The second kappa shape index (κ2) is 10.6. The predicted octanol–water partition coefficient (Wildman–Crippen LogP) is 6.25. The Kier molecular flexibility index (Phi) is 8.08. The lowest BCUT2D eigenvalue weighted by atomic mass is 9.33. The molecule has 0 heterocycles. The maximum absolute atomic E-state index is 14.4. The number of nitrogens with one attached hydrogen (secondary N) is 1. The van der Waals surface area contributed by atoms with Crippen molar-refractivity contribution in [1.82, 2.24) is 5.32 Å². The fourth-order valence-corrected chi connectivity index (χ4v) is 11.7. The first-order valence-electron chi connectivity index (χ1n) is 17.2. The first-order valence-corrected chi connectivity index (χ1v) is 17.2. The summed E-state index contributed by atoms with van der Waals surface area (Å²) in [4.78, 5) is 26.8. The van der Waals surface area contributed by atoms with E-state index >= 15 is 0 Å². The molecule has 6 heteroatoms. The van der Waals surface area contributed by atoms with Crippen molar-refractivity contribution < 1.29 is 14.7 Å². The van der Waals surface area contributed by atoms with Crippen molar-refractivity contribution in [3.8, 4) is 0 Å². The number of rotatable bonds is 7. The molecule has 0 aliphatic heterocycles. The number of fused-ring (bicyclic) bond motifs is 7. The van der Waals surface area contributed by atoms with Gasteiger partial charge in [0.05, 0.1) is 11.5 Å². The summed E-state index contributed by atoms with van der Waals surface area (Å²) < 4.78 is 0. The van der Waals surface area contributed by atoms with Gasteiger partial charge in [-0.2, -0.15) is 0 Å². The quantitative estimate of drug-likeness (QED) is 0.209. The van der Waals surface area contributed by atoms with Gasteiger partial charge in [-0.05, 0) is 135 Å². The maximum atomic E-state index is 14.4. The summed E-state index contributed by atoms with van der Waals surface area (Å²) in [7, 11) is 0. The van der Waals surface area contributed by atoms with E-state index in [2.05, 4.69) is 59.9 Å². The minimum atomic E-state index is -0.634. The van der Waals surface area contributed by atoms with Crippen LogP contribution in [-0.2, 0) is 9.59 Å². The molecule has 0 saturated heterocycles. The van der Waals surface area contributed by atoms with Crippen molar-refractivity contribution in [3.05, 3.63) is 11.6 Å². The second-order valence-electron chi connectivity index (χ2n) is 17.5. The van der Waals surface area contributed by atoms with Crippen molar-refractivity contribution in [1.29, 1.82) is 0 Å². The van der Waals surface area contributed by atoms with E-state index in [1.54, 1.807) is 0 Å². The van der Waals surface area contributed by atoms with Gasteiger partial charge < -0.3 is 21.9 Å². The minimum absolute atomic E-state index is 0.0379. The molecule has 5 aliphatic rings. The normalized spacial score (nSPS) is 44.4. The summed E-state index contributed by atoms with van der Waals surface area (Å²) in [5, 5.41) is 14.2. The number of aliphatic hydroxyl groups excluding tert-OH is 1. The number of carbonyl (C=O) groups is 2. The Labute approximate surface area is 255 Å². The summed E-state index contributed by atoms with van der Waals surface area (Å²) in [6.07, 6.45) is 14.7. The number of hydrogen-bond acceptors (Lipinski definition) is 4. The second-order valence-corrected chi connectivity index (χ2v) is 17.5. The number of aliphatic hydroxyl groups is 1. The Hall–Kier alpha value is -1.40. The van der Waals surface area contributed by atoms with Crippen molar-refractivity contribution >= 4 is 11.8 Å². The smallest absolute Gasteiger partial charge is 0.239 e. The predicted molar refractivity (Wildman–Crippen MR) is 169 cm³/mol. The van der Waals surface area contributed by atoms with Crippen molar-refractivity contribution in [2.24, 2.45) is 61.7 Å². The number of nitrogens with two attached hydrogens (primary N) is 2. The third-order valence-electron chi connectivity index (χ3n) is 14.7. The van der Waals surface area contributed by atoms with Gasteiger partial charge in [-0.3, -0.25) is 9.59 Å². The van der Waals surface area contributed by atoms with Gasteiger partial charge in [-0.1, -0.05) is 60.1 Å². The van der Waals surface area contributed by atoms with Crippen LogP contribution in [0, 0.1) is 50.2 Å². The lowest BCUT2D eigenvalue weighted by Crippen LogP contribution is -2.65. The van der Waals surface area contributed by atoms with Crippen LogP contribution in [0.4, 0.5) is 0 Å². The SMILES string of the molecule is CC1(C)CC[C@]2(C(=O)N[C@@H](CCCCN)C(N)=O)CC[C@]3(C)C(=CCC4[C@@]5(C)CC[C@H](O)C(C)(C)C5CC[C@]43C)C2C1. The molecule has 5 aliphatic carbocycles. The number of hydrogen-bond donors (Lipinski definition) is 4. The van der Waals surface area contributed by atoms with Crippen LogP contribution in [0.25, 0.3) is 0 Å². The van der Waals surface area contributed by atoms with Crippen LogP contribution < -0.4 is 16.8 Å². The summed E-state index contributed by atoms with van der Waals surface area (Å²) >= 11 is 0. The van der Waals surface area contributed by atoms with Gasteiger partial charge in [-0.25, -0.2) is 0 Å². The topological polar surface area (TPSA) is 118 Å². The molecule has 0 aromatic heterocycles. The molecule has 0 aromatic carbocycles. The van der Waals surface area contributed by atoms with Gasteiger partial charge >= 0.3 is 0 Å². The lowest BCUT2D eigenvalue weighted by Gasteiger charge is -2.71. The monoisotopic (exact) mass is 583 g/mol. The van der Waals surface area contributed by atoms with Gasteiger partial charge in [0.1, 0.15) is 6.04 Å².